The second kappa shape index (κ2) is 12.3. The van der Waals surface area contributed by atoms with E-state index in [2.05, 4.69) is 37.6 Å². The summed E-state index contributed by atoms with van der Waals surface area (Å²) >= 11 is 0. The third kappa shape index (κ3) is 10.4. The van der Waals surface area contributed by atoms with E-state index in [-0.39, 0.29) is 11.8 Å². The van der Waals surface area contributed by atoms with Gasteiger partial charge < -0.3 is 15.5 Å². The van der Waals surface area contributed by atoms with E-state index in [4.69, 9.17) is 0 Å². The van der Waals surface area contributed by atoms with Crippen molar-refractivity contribution >= 4 is 5.91 Å². The smallest absolute Gasteiger partial charge is 0.225 e. The highest BCUT2D eigenvalue weighted by molar-refractivity contribution is 5.78. The van der Waals surface area contributed by atoms with Crippen LogP contribution in [0.15, 0.2) is 24.9 Å². The Morgan fingerprint density at radius 1 is 1.23 bits per heavy atom. The van der Waals surface area contributed by atoms with E-state index < -0.39 is 0 Å². The van der Waals surface area contributed by atoms with Gasteiger partial charge in [-0.05, 0) is 25.8 Å². The van der Waals surface area contributed by atoms with Gasteiger partial charge in [-0.15, -0.1) is 6.58 Å². The Balaban J connectivity index is 3.71. The Labute approximate surface area is 137 Å². The first kappa shape index (κ1) is 20.7. The fourth-order valence-electron chi connectivity index (χ4n) is 2.13. The maximum absolute atomic E-state index is 12.1. The number of nitrogens with one attached hydrogen (secondary N) is 2. The molecule has 0 aliphatic heterocycles. The lowest BCUT2D eigenvalue weighted by molar-refractivity contribution is -0.133. The van der Waals surface area contributed by atoms with Gasteiger partial charge in [-0.3, -0.25) is 4.79 Å². The Kier molecular flexibility index (Phi) is 11.6. The number of unbranched alkanes of at least 4 members (excludes halogenated alkanes) is 1. The van der Waals surface area contributed by atoms with Gasteiger partial charge in [0.15, 0.2) is 0 Å². The molecule has 0 heterocycles. The summed E-state index contributed by atoms with van der Waals surface area (Å²) in [4.78, 5) is 13.8. The fourth-order valence-corrected chi connectivity index (χ4v) is 2.13. The Hall–Kier alpha value is -1.29. The van der Waals surface area contributed by atoms with Crippen molar-refractivity contribution < 1.29 is 4.79 Å². The van der Waals surface area contributed by atoms with Gasteiger partial charge in [0, 0.05) is 44.2 Å². The van der Waals surface area contributed by atoms with Crippen LogP contribution in [0.5, 0.6) is 0 Å². The molecule has 0 aromatic heterocycles. The molecular formula is C18H35N3O. The van der Waals surface area contributed by atoms with Crippen LogP contribution in [0, 0.1) is 5.92 Å². The molecule has 128 valence electrons. The summed E-state index contributed by atoms with van der Waals surface area (Å²) in [6.07, 6.45) is 5.62. The maximum Gasteiger partial charge on any atom is 0.225 e. The number of carbonyl (C=O) groups excluding carboxylic acids is 1. The number of nitrogens with zero attached hydrogens (tertiary/aromatic N) is 1. The van der Waals surface area contributed by atoms with Crippen LogP contribution in [0.2, 0.25) is 0 Å². The number of amides is 1. The summed E-state index contributed by atoms with van der Waals surface area (Å²) in [5, 5.41) is 6.75. The van der Waals surface area contributed by atoms with Crippen molar-refractivity contribution in [2.45, 2.75) is 52.5 Å². The van der Waals surface area contributed by atoms with Crippen LogP contribution in [0.3, 0.4) is 0 Å². The average molecular weight is 309 g/mol. The molecule has 0 fully saturated rings. The molecule has 4 heteroatoms. The van der Waals surface area contributed by atoms with Crippen molar-refractivity contribution in [1.82, 2.24) is 15.5 Å². The molecule has 1 unspecified atom stereocenters. The highest BCUT2D eigenvalue weighted by atomic mass is 16.2. The molecule has 1 atom stereocenters. The molecule has 22 heavy (non-hydrogen) atoms. The predicted octanol–water partition coefficient (Wildman–Crippen LogP) is 2.93. The molecule has 0 saturated carbocycles. The standard InChI is InChI=1S/C18H35N3O/c1-7-10-16(4)18(22)21(6)14-11-17(5)20-13-9-8-12-19-15(2)3/h7,15-16,19-20H,1,5,8-14H2,2-4,6H3. The largest absolute Gasteiger partial charge is 0.389 e. The van der Waals surface area contributed by atoms with Crippen molar-refractivity contribution in [2.75, 3.05) is 26.7 Å². The minimum Gasteiger partial charge on any atom is -0.389 e. The van der Waals surface area contributed by atoms with Crippen LogP contribution >= 0.6 is 0 Å². The SMILES string of the molecule is C=CCC(C)C(=O)N(C)CCC(=C)NCCCCNC(C)C. The summed E-state index contributed by atoms with van der Waals surface area (Å²) in [5.74, 6) is 0.185. The van der Waals surface area contributed by atoms with Gasteiger partial charge in [0.2, 0.25) is 5.91 Å². The average Bonchev–Trinajstić information content (AvgIpc) is 2.47. The molecular weight excluding hydrogens is 274 g/mol. The maximum atomic E-state index is 12.1. The van der Waals surface area contributed by atoms with E-state index in [1.165, 1.54) is 0 Å². The van der Waals surface area contributed by atoms with Crippen molar-refractivity contribution in [2.24, 2.45) is 5.92 Å². The zero-order valence-corrected chi connectivity index (χ0v) is 15.0. The number of hydrogen-bond donors (Lipinski definition) is 2. The summed E-state index contributed by atoms with van der Waals surface area (Å²) in [6, 6.07) is 0.555. The zero-order valence-electron chi connectivity index (χ0n) is 15.0. The number of allylic oxidation sites excluding steroid dienone is 1. The minimum atomic E-state index is 0.0113. The summed E-state index contributed by atoms with van der Waals surface area (Å²) in [5.41, 5.74) is 1.01. The zero-order chi connectivity index (χ0) is 17.0. The highest BCUT2D eigenvalue weighted by Crippen LogP contribution is 2.07. The van der Waals surface area contributed by atoms with E-state index in [0.29, 0.717) is 12.6 Å². The third-order valence-corrected chi connectivity index (χ3v) is 3.60. The predicted molar refractivity (Wildman–Crippen MR) is 95.7 cm³/mol. The molecule has 4 nitrogen and oxygen atoms in total. The topological polar surface area (TPSA) is 44.4 Å². The Bertz CT molecular complexity index is 339. The summed E-state index contributed by atoms with van der Waals surface area (Å²) in [6.45, 7) is 16.7. The van der Waals surface area contributed by atoms with E-state index in [1.807, 2.05) is 14.0 Å². The van der Waals surface area contributed by atoms with Crippen LogP contribution in [0.4, 0.5) is 0 Å². The lowest BCUT2D eigenvalue weighted by Gasteiger charge is -2.21. The molecule has 2 N–H and O–H groups in total. The van der Waals surface area contributed by atoms with Crippen LogP contribution in [0.1, 0.15) is 46.5 Å². The van der Waals surface area contributed by atoms with Crippen LogP contribution in [-0.2, 0) is 4.79 Å². The lowest BCUT2D eigenvalue weighted by Crippen LogP contribution is -2.33. The molecule has 0 aliphatic rings. The minimum absolute atomic E-state index is 0.0113. The molecule has 0 rings (SSSR count). The van der Waals surface area contributed by atoms with Gasteiger partial charge in [-0.2, -0.15) is 0 Å². The van der Waals surface area contributed by atoms with E-state index in [9.17, 15) is 4.79 Å². The second-order valence-electron chi connectivity index (χ2n) is 6.28. The van der Waals surface area contributed by atoms with E-state index in [1.54, 1.807) is 11.0 Å². The van der Waals surface area contributed by atoms with Crippen LogP contribution in [-0.4, -0.2) is 43.5 Å². The number of rotatable bonds is 13. The van der Waals surface area contributed by atoms with Gasteiger partial charge in [-0.25, -0.2) is 0 Å². The van der Waals surface area contributed by atoms with E-state index in [0.717, 1.165) is 44.5 Å². The molecule has 0 saturated heterocycles. The van der Waals surface area contributed by atoms with Gasteiger partial charge in [-0.1, -0.05) is 33.4 Å². The van der Waals surface area contributed by atoms with Crippen LogP contribution < -0.4 is 10.6 Å². The first-order valence-electron chi connectivity index (χ1n) is 8.39. The number of carbonyl (C=O) groups is 1. The third-order valence-electron chi connectivity index (χ3n) is 3.60. The quantitative estimate of drug-likeness (QED) is 0.406. The fraction of sp³-hybridized carbons (Fsp3) is 0.722. The van der Waals surface area contributed by atoms with Gasteiger partial charge >= 0.3 is 0 Å². The molecule has 0 aromatic carbocycles. The van der Waals surface area contributed by atoms with Gasteiger partial charge in [0.05, 0.1) is 0 Å². The summed E-state index contributed by atoms with van der Waals surface area (Å²) < 4.78 is 0. The molecule has 1 amide bonds. The van der Waals surface area contributed by atoms with Gasteiger partial charge in [0.1, 0.15) is 0 Å². The van der Waals surface area contributed by atoms with Crippen LogP contribution in [0.25, 0.3) is 0 Å². The van der Waals surface area contributed by atoms with Crippen molar-refractivity contribution in [3.05, 3.63) is 24.9 Å². The molecule has 0 aliphatic carbocycles. The van der Waals surface area contributed by atoms with Gasteiger partial charge in [0.25, 0.3) is 0 Å². The number of hydrogen-bond acceptors (Lipinski definition) is 3. The summed E-state index contributed by atoms with van der Waals surface area (Å²) in [7, 11) is 1.85. The monoisotopic (exact) mass is 309 g/mol. The Morgan fingerprint density at radius 3 is 2.45 bits per heavy atom. The lowest BCUT2D eigenvalue weighted by atomic mass is 10.1. The van der Waals surface area contributed by atoms with Crippen molar-refractivity contribution in [3.8, 4) is 0 Å². The van der Waals surface area contributed by atoms with Crippen molar-refractivity contribution in [3.63, 3.8) is 0 Å². The second-order valence-corrected chi connectivity index (χ2v) is 6.28. The molecule has 0 bridgehead atoms. The normalized spacial score (nSPS) is 12.0. The van der Waals surface area contributed by atoms with E-state index >= 15 is 0 Å². The first-order chi connectivity index (χ1) is 10.4. The molecule has 0 radical (unpaired) electrons. The highest BCUT2D eigenvalue weighted by Gasteiger charge is 2.15. The Morgan fingerprint density at radius 2 is 1.86 bits per heavy atom. The van der Waals surface area contributed by atoms with Crippen molar-refractivity contribution in [1.29, 1.82) is 0 Å². The molecule has 0 aromatic rings. The molecule has 0 spiro atoms. The first-order valence-corrected chi connectivity index (χ1v) is 8.39.